The van der Waals surface area contributed by atoms with Gasteiger partial charge >= 0.3 is 5.97 Å². The van der Waals surface area contributed by atoms with Crippen molar-refractivity contribution >= 4 is 40.1 Å². The fraction of sp³-hybridized carbons (Fsp3) is 0.179. The summed E-state index contributed by atoms with van der Waals surface area (Å²) in [6.45, 7) is 0. The summed E-state index contributed by atoms with van der Waals surface area (Å²) in [5.74, 6) is -1.75. The highest BCUT2D eigenvalue weighted by molar-refractivity contribution is 6.30. The molecule has 7 nitrogen and oxygen atoms in total. The van der Waals surface area contributed by atoms with Gasteiger partial charge in [-0.15, -0.1) is 0 Å². The number of nitrogens with one attached hydrogen (secondary N) is 1. The summed E-state index contributed by atoms with van der Waals surface area (Å²) in [5.41, 5.74) is 0.484. The summed E-state index contributed by atoms with van der Waals surface area (Å²) in [4.78, 5) is 37.6. The van der Waals surface area contributed by atoms with Crippen LogP contribution in [0.2, 0.25) is 5.02 Å². The molecule has 0 saturated carbocycles. The first-order chi connectivity index (χ1) is 17.3. The summed E-state index contributed by atoms with van der Waals surface area (Å²) in [5, 5.41) is 12.8. The minimum Gasteiger partial charge on any atom is -0.477 e. The van der Waals surface area contributed by atoms with E-state index in [1.54, 1.807) is 24.3 Å². The molecule has 0 fully saturated rings. The number of hydrogen-bond acceptors (Lipinski definition) is 5. The molecule has 0 spiro atoms. The van der Waals surface area contributed by atoms with Crippen molar-refractivity contribution in [1.29, 1.82) is 0 Å². The summed E-state index contributed by atoms with van der Waals surface area (Å²) < 4.78 is 11.7. The lowest BCUT2D eigenvalue weighted by molar-refractivity contribution is -0.130. The molecular formula is C28H22ClNO6. The van der Waals surface area contributed by atoms with Gasteiger partial charge in [-0.1, -0.05) is 54.1 Å². The van der Waals surface area contributed by atoms with E-state index in [1.165, 1.54) is 6.07 Å². The topological polar surface area (TPSA) is 106 Å². The fourth-order valence-electron chi connectivity index (χ4n) is 4.54. The van der Waals surface area contributed by atoms with Crippen LogP contribution < -0.4 is 15.5 Å². The van der Waals surface area contributed by atoms with Crippen LogP contribution in [-0.4, -0.2) is 22.6 Å². The highest BCUT2D eigenvalue weighted by Crippen LogP contribution is 2.40. The number of amides is 1. The number of anilines is 1. The lowest BCUT2D eigenvalue weighted by Crippen LogP contribution is -2.47. The lowest BCUT2D eigenvalue weighted by Gasteiger charge is -2.28. The number of carbonyl (C=O) groups is 2. The number of aromatic carboxylic acids is 1. The zero-order valence-electron chi connectivity index (χ0n) is 19.1. The number of hydrogen-bond donors (Lipinski definition) is 2. The molecule has 0 aliphatic carbocycles. The van der Waals surface area contributed by atoms with Crippen molar-refractivity contribution in [2.45, 2.75) is 31.3 Å². The third-order valence-electron chi connectivity index (χ3n) is 6.33. The second-order valence-electron chi connectivity index (χ2n) is 8.78. The largest absolute Gasteiger partial charge is 0.477 e. The molecule has 36 heavy (non-hydrogen) atoms. The van der Waals surface area contributed by atoms with Crippen molar-refractivity contribution in [3.63, 3.8) is 0 Å². The smallest absolute Gasteiger partial charge is 0.371 e. The average molecular weight is 504 g/mol. The van der Waals surface area contributed by atoms with Gasteiger partial charge in [0.2, 0.25) is 5.76 Å². The van der Waals surface area contributed by atoms with Crippen LogP contribution in [-0.2, 0) is 17.6 Å². The van der Waals surface area contributed by atoms with Crippen molar-refractivity contribution < 1.29 is 23.8 Å². The van der Waals surface area contributed by atoms with Gasteiger partial charge in [0.05, 0.1) is 11.1 Å². The third-order valence-corrected chi connectivity index (χ3v) is 6.56. The molecule has 0 radical (unpaired) electrons. The van der Waals surface area contributed by atoms with E-state index in [0.29, 0.717) is 30.0 Å². The molecule has 8 heteroatoms. The molecular weight excluding hydrogens is 482 g/mol. The Morgan fingerprint density at radius 3 is 2.61 bits per heavy atom. The molecule has 2 heterocycles. The number of ether oxygens (including phenoxy) is 1. The van der Waals surface area contributed by atoms with E-state index >= 15 is 0 Å². The third kappa shape index (κ3) is 4.57. The molecule has 0 saturated heterocycles. The van der Waals surface area contributed by atoms with Crippen LogP contribution in [0.3, 0.4) is 0 Å². The highest BCUT2D eigenvalue weighted by Gasteiger charge is 2.46. The van der Waals surface area contributed by atoms with Crippen molar-refractivity contribution in [3.8, 4) is 5.75 Å². The number of halogens is 1. The van der Waals surface area contributed by atoms with Gasteiger partial charge in [-0.3, -0.25) is 9.59 Å². The maximum atomic E-state index is 13.8. The van der Waals surface area contributed by atoms with Gasteiger partial charge in [-0.05, 0) is 54.7 Å². The Balaban J connectivity index is 1.47. The first kappa shape index (κ1) is 23.6. The molecule has 5 rings (SSSR count). The van der Waals surface area contributed by atoms with Crippen molar-refractivity contribution in [2.24, 2.45) is 0 Å². The summed E-state index contributed by atoms with van der Waals surface area (Å²) in [6.07, 6.45) is 2.22. The minimum atomic E-state index is -1.38. The van der Waals surface area contributed by atoms with Crippen LogP contribution in [0.15, 0.2) is 82.0 Å². The van der Waals surface area contributed by atoms with E-state index in [9.17, 15) is 19.5 Å². The molecule has 1 aliphatic heterocycles. The number of rotatable bonds is 7. The number of carbonyl (C=O) groups excluding carboxylic acids is 1. The molecule has 1 amide bonds. The van der Waals surface area contributed by atoms with Gasteiger partial charge in [0.15, 0.2) is 16.6 Å². The highest BCUT2D eigenvalue weighted by atomic mass is 35.5. The Hall–Kier alpha value is -4.10. The van der Waals surface area contributed by atoms with Gasteiger partial charge in [-0.2, -0.15) is 0 Å². The number of fused-ring (bicyclic) bond motifs is 2. The van der Waals surface area contributed by atoms with Crippen LogP contribution in [0.25, 0.3) is 11.0 Å². The van der Waals surface area contributed by atoms with Crippen LogP contribution >= 0.6 is 11.6 Å². The quantitative estimate of drug-likeness (QED) is 0.346. The average Bonchev–Trinajstić information content (AvgIpc) is 3.24. The van der Waals surface area contributed by atoms with E-state index in [4.69, 9.17) is 20.8 Å². The molecule has 182 valence electrons. The maximum absolute atomic E-state index is 13.8. The number of para-hydroxylation sites is 1. The fourth-order valence-corrected chi connectivity index (χ4v) is 4.71. The predicted octanol–water partition coefficient (Wildman–Crippen LogP) is 5.48. The maximum Gasteiger partial charge on any atom is 0.371 e. The Morgan fingerprint density at radius 1 is 1.03 bits per heavy atom. The van der Waals surface area contributed by atoms with Crippen LogP contribution in [0.5, 0.6) is 5.75 Å². The number of carboxylic acids is 1. The second-order valence-corrected chi connectivity index (χ2v) is 9.22. The van der Waals surface area contributed by atoms with Gasteiger partial charge < -0.3 is 19.6 Å². The van der Waals surface area contributed by atoms with Crippen LogP contribution in [0, 0.1) is 0 Å². The Labute approximate surface area is 211 Å². The van der Waals surface area contributed by atoms with Gasteiger partial charge in [-0.25, -0.2) is 4.79 Å². The summed E-state index contributed by atoms with van der Waals surface area (Å²) in [7, 11) is 0. The Bertz CT molecular complexity index is 1530. The Kier molecular flexibility index (Phi) is 6.24. The van der Waals surface area contributed by atoms with E-state index < -0.39 is 28.7 Å². The minimum absolute atomic E-state index is 0.00580. The van der Waals surface area contributed by atoms with Gasteiger partial charge in [0, 0.05) is 17.5 Å². The molecule has 0 bridgehead atoms. The first-order valence-electron chi connectivity index (χ1n) is 11.5. The van der Waals surface area contributed by atoms with E-state index in [1.807, 2.05) is 36.4 Å². The first-order valence-corrected chi connectivity index (χ1v) is 11.9. The lowest BCUT2D eigenvalue weighted by atomic mass is 9.89. The van der Waals surface area contributed by atoms with Crippen molar-refractivity contribution in [3.05, 3.63) is 105 Å². The SMILES string of the molecule is O=C(O)c1cc(=O)c2cccc(NC(=O)C3(CCCc4ccccc4)Cc4ccc(Cl)cc4O3)c2o1. The van der Waals surface area contributed by atoms with Crippen molar-refractivity contribution in [1.82, 2.24) is 0 Å². The molecule has 1 unspecified atom stereocenters. The van der Waals surface area contributed by atoms with Gasteiger partial charge in [0.25, 0.3) is 5.91 Å². The van der Waals surface area contributed by atoms with E-state index in [-0.39, 0.29) is 16.7 Å². The Morgan fingerprint density at radius 2 is 1.83 bits per heavy atom. The summed E-state index contributed by atoms with van der Waals surface area (Å²) >= 11 is 6.16. The standard InChI is InChI=1S/C28H22ClNO6/c29-19-12-11-18-16-28(36-23(18)14-19,13-5-8-17-6-2-1-3-7-17)27(34)30-21-10-4-9-20-22(31)15-24(26(32)33)35-25(20)21/h1-4,6-7,9-12,14-15H,5,8,13,16H2,(H,30,34)(H,32,33). The normalized spacial score (nSPS) is 16.4. The van der Waals surface area contributed by atoms with E-state index in [0.717, 1.165) is 23.6 Å². The zero-order chi connectivity index (χ0) is 25.3. The zero-order valence-corrected chi connectivity index (χ0v) is 19.9. The van der Waals surface area contributed by atoms with E-state index in [2.05, 4.69) is 5.32 Å². The molecule has 1 atom stereocenters. The van der Waals surface area contributed by atoms with Gasteiger partial charge in [0.1, 0.15) is 5.75 Å². The molecule has 4 aromatic rings. The van der Waals surface area contributed by atoms with Crippen LogP contribution in [0.1, 0.15) is 34.5 Å². The number of aryl methyl sites for hydroxylation is 1. The molecule has 1 aliphatic rings. The predicted molar refractivity (Wildman–Crippen MR) is 136 cm³/mol. The van der Waals surface area contributed by atoms with Crippen LogP contribution in [0.4, 0.5) is 5.69 Å². The molecule has 2 N–H and O–H groups in total. The van der Waals surface area contributed by atoms with Crippen molar-refractivity contribution in [2.75, 3.05) is 5.32 Å². The molecule has 1 aromatic heterocycles. The number of benzene rings is 3. The number of carboxylic acid groups (broad SMARTS) is 1. The summed E-state index contributed by atoms with van der Waals surface area (Å²) in [6, 6.07) is 20.9. The monoisotopic (exact) mass is 503 g/mol. The molecule has 3 aromatic carbocycles. The second kappa shape index (κ2) is 9.51.